The minimum Gasteiger partial charge on any atom is -0.309 e. The molecule has 0 aliphatic carbocycles. The van der Waals surface area contributed by atoms with Crippen molar-refractivity contribution in [3.63, 3.8) is 0 Å². The molecule has 0 atom stereocenters. The fourth-order valence-electron chi connectivity index (χ4n) is 6.75. The Hall–Kier alpha value is -6.04. The lowest BCUT2D eigenvalue weighted by Crippen LogP contribution is -1.94. The Morgan fingerprint density at radius 3 is 1.73 bits per heavy atom. The Balaban J connectivity index is 1.23. The summed E-state index contributed by atoms with van der Waals surface area (Å²) in [5, 5.41) is 4.98. The molecule has 2 nitrogen and oxygen atoms in total. The SMILES string of the molecule is c1cccc(-n2c3ccccc3c3cc(-c4ccc5c6ccccc6n(-c6ccc(-c7ccccc7)cc6)c5c4)ccc32)c#1. The van der Waals surface area contributed by atoms with Crippen LogP contribution in [0.3, 0.4) is 0 Å². The summed E-state index contributed by atoms with van der Waals surface area (Å²) < 4.78 is 4.68. The van der Waals surface area contributed by atoms with Gasteiger partial charge in [-0.15, -0.1) is 0 Å². The number of fused-ring (bicyclic) bond motifs is 6. The average molecular weight is 559 g/mol. The summed E-state index contributed by atoms with van der Waals surface area (Å²) in [6, 6.07) is 62.9. The van der Waals surface area contributed by atoms with Crippen LogP contribution in [-0.4, -0.2) is 9.13 Å². The molecule has 204 valence electrons. The van der Waals surface area contributed by atoms with Gasteiger partial charge in [0.15, 0.2) is 0 Å². The zero-order chi connectivity index (χ0) is 29.0. The predicted molar refractivity (Wildman–Crippen MR) is 184 cm³/mol. The molecule has 0 N–H and O–H groups in total. The van der Waals surface area contributed by atoms with Crippen LogP contribution in [0.1, 0.15) is 0 Å². The van der Waals surface area contributed by atoms with Crippen LogP contribution in [0.2, 0.25) is 0 Å². The molecular weight excluding hydrogens is 532 g/mol. The minimum atomic E-state index is 0.996. The second kappa shape index (κ2) is 9.76. The Morgan fingerprint density at radius 2 is 0.955 bits per heavy atom. The lowest BCUT2D eigenvalue weighted by atomic mass is 10.0. The molecule has 0 aliphatic heterocycles. The number of para-hydroxylation sites is 2. The summed E-state index contributed by atoms with van der Waals surface area (Å²) >= 11 is 0. The summed E-state index contributed by atoms with van der Waals surface area (Å²) in [5.41, 5.74) is 11.7. The molecule has 44 heavy (non-hydrogen) atoms. The first-order chi connectivity index (χ1) is 21.8. The molecule has 0 bridgehead atoms. The van der Waals surface area contributed by atoms with Crippen LogP contribution in [0.5, 0.6) is 0 Å². The fraction of sp³-hybridized carbons (Fsp3) is 0. The molecule has 9 rings (SSSR count). The third kappa shape index (κ3) is 3.77. The Kier molecular flexibility index (Phi) is 5.45. The van der Waals surface area contributed by atoms with Crippen molar-refractivity contribution in [1.29, 1.82) is 0 Å². The molecule has 0 aliphatic rings. The van der Waals surface area contributed by atoms with Gasteiger partial charge in [0.05, 0.1) is 27.8 Å². The third-order valence-corrected chi connectivity index (χ3v) is 8.79. The molecule has 7 aromatic carbocycles. The van der Waals surface area contributed by atoms with Crippen molar-refractivity contribution in [2.24, 2.45) is 0 Å². The van der Waals surface area contributed by atoms with Crippen molar-refractivity contribution < 1.29 is 0 Å². The maximum absolute atomic E-state index is 3.30. The van der Waals surface area contributed by atoms with E-state index in [1.54, 1.807) is 0 Å². The molecule has 9 aromatic rings. The largest absolute Gasteiger partial charge is 0.309 e. The average Bonchev–Trinajstić information content (AvgIpc) is 3.61. The number of hydrogen-bond donors (Lipinski definition) is 0. The molecule has 0 saturated carbocycles. The van der Waals surface area contributed by atoms with E-state index in [2.05, 4.69) is 167 Å². The molecule has 0 saturated heterocycles. The molecule has 0 radical (unpaired) electrons. The third-order valence-electron chi connectivity index (χ3n) is 8.79. The van der Waals surface area contributed by atoms with Gasteiger partial charge in [0.25, 0.3) is 0 Å². The van der Waals surface area contributed by atoms with Crippen LogP contribution >= 0.6 is 0 Å². The first-order valence-electron chi connectivity index (χ1n) is 14.9. The maximum atomic E-state index is 3.30. The monoisotopic (exact) mass is 558 g/mol. The van der Waals surface area contributed by atoms with E-state index in [4.69, 9.17) is 0 Å². The van der Waals surface area contributed by atoms with Gasteiger partial charge in [0.1, 0.15) is 0 Å². The lowest BCUT2D eigenvalue weighted by molar-refractivity contribution is 1.18. The predicted octanol–water partition coefficient (Wildman–Crippen LogP) is 10.8. The summed E-state index contributed by atoms with van der Waals surface area (Å²) in [5.74, 6) is 0. The van der Waals surface area contributed by atoms with Crippen LogP contribution in [0.15, 0.2) is 158 Å². The quantitative estimate of drug-likeness (QED) is 0.203. The van der Waals surface area contributed by atoms with Gasteiger partial charge in [0, 0.05) is 27.2 Å². The fourth-order valence-corrected chi connectivity index (χ4v) is 6.75. The molecule has 0 amide bonds. The van der Waals surface area contributed by atoms with Crippen LogP contribution in [-0.2, 0) is 0 Å². The van der Waals surface area contributed by atoms with E-state index in [0.717, 1.165) is 11.4 Å². The summed E-state index contributed by atoms with van der Waals surface area (Å²) in [6.07, 6.45) is 0. The van der Waals surface area contributed by atoms with E-state index < -0.39 is 0 Å². The highest BCUT2D eigenvalue weighted by atomic mass is 15.0. The summed E-state index contributed by atoms with van der Waals surface area (Å²) in [4.78, 5) is 0. The first-order valence-corrected chi connectivity index (χ1v) is 14.9. The minimum absolute atomic E-state index is 0.996. The highest BCUT2D eigenvalue weighted by molar-refractivity contribution is 6.12. The number of aromatic nitrogens is 2. The molecule has 0 fully saturated rings. The number of rotatable bonds is 4. The van der Waals surface area contributed by atoms with Crippen molar-refractivity contribution in [2.45, 2.75) is 0 Å². The highest BCUT2D eigenvalue weighted by Crippen LogP contribution is 2.38. The van der Waals surface area contributed by atoms with Gasteiger partial charge in [-0.2, -0.15) is 0 Å². The van der Waals surface area contributed by atoms with Gasteiger partial charge in [-0.1, -0.05) is 109 Å². The van der Waals surface area contributed by atoms with Gasteiger partial charge < -0.3 is 9.13 Å². The first kappa shape index (κ1) is 24.5. The maximum Gasteiger partial charge on any atom is 0.0973 e. The van der Waals surface area contributed by atoms with Crippen molar-refractivity contribution in [3.05, 3.63) is 170 Å². The zero-order valence-electron chi connectivity index (χ0n) is 23.9. The molecular formula is C42H26N2. The topological polar surface area (TPSA) is 9.86 Å². The molecule has 2 heteroatoms. The Bertz CT molecular complexity index is 2460. The van der Waals surface area contributed by atoms with Gasteiger partial charge in [0.2, 0.25) is 0 Å². The zero-order valence-corrected chi connectivity index (χ0v) is 23.9. The standard InChI is InChI=1S/C42H26N2/c1-3-11-29(12-4-1)30-19-23-34(24-20-30)44-39-17-9-7-15-35(39)37-25-21-32(28-42(37)44)31-22-26-41-38(27-31)36-16-8-10-18-40(36)43(41)33-13-5-2-6-14-33/h1-5,7-13,15-28H. The van der Waals surface area contributed by atoms with Crippen LogP contribution in [0.25, 0.3) is 77.2 Å². The molecule has 2 heterocycles. The Morgan fingerprint density at radius 1 is 0.364 bits per heavy atom. The molecule has 0 unspecified atom stereocenters. The van der Waals surface area contributed by atoms with Gasteiger partial charge in [-0.3, -0.25) is 0 Å². The van der Waals surface area contributed by atoms with Gasteiger partial charge in [-0.05, 0) is 82.9 Å². The van der Waals surface area contributed by atoms with Crippen LogP contribution in [0, 0.1) is 12.1 Å². The van der Waals surface area contributed by atoms with Gasteiger partial charge in [-0.25, -0.2) is 0 Å². The normalized spacial score (nSPS) is 11.5. The Labute approximate surface area is 255 Å². The van der Waals surface area contributed by atoms with Crippen molar-refractivity contribution in [3.8, 4) is 33.6 Å². The van der Waals surface area contributed by atoms with E-state index >= 15 is 0 Å². The van der Waals surface area contributed by atoms with Crippen molar-refractivity contribution in [2.75, 3.05) is 0 Å². The second-order valence-corrected chi connectivity index (χ2v) is 11.3. The summed E-state index contributed by atoms with van der Waals surface area (Å²) in [6.45, 7) is 0. The summed E-state index contributed by atoms with van der Waals surface area (Å²) in [7, 11) is 0. The molecule has 0 spiro atoms. The smallest absolute Gasteiger partial charge is 0.0973 e. The van der Waals surface area contributed by atoms with Crippen molar-refractivity contribution >= 4 is 43.6 Å². The number of nitrogens with zero attached hydrogens (tertiary/aromatic N) is 2. The van der Waals surface area contributed by atoms with E-state index in [0.29, 0.717) is 0 Å². The van der Waals surface area contributed by atoms with E-state index in [9.17, 15) is 0 Å². The van der Waals surface area contributed by atoms with Crippen LogP contribution in [0.4, 0.5) is 0 Å². The van der Waals surface area contributed by atoms with Crippen LogP contribution < -0.4 is 0 Å². The van der Waals surface area contributed by atoms with E-state index in [1.807, 2.05) is 12.1 Å². The van der Waals surface area contributed by atoms with E-state index in [1.165, 1.54) is 65.9 Å². The number of hydrogen-bond acceptors (Lipinski definition) is 0. The molecule has 2 aromatic heterocycles. The second-order valence-electron chi connectivity index (χ2n) is 11.3. The van der Waals surface area contributed by atoms with Gasteiger partial charge >= 0.3 is 0 Å². The lowest BCUT2D eigenvalue weighted by Gasteiger charge is -2.11. The number of benzene rings is 6. The van der Waals surface area contributed by atoms with E-state index in [-0.39, 0.29) is 0 Å². The highest BCUT2D eigenvalue weighted by Gasteiger charge is 2.16. The van der Waals surface area contributed by atoms with Crippen molar-refractivity contribution in [1.82, 2.24) is 9.13 Å².